The lowest BCUT2D eigenvalue weighted by atomic mass is 9.63. The summed E-state index contributed by atoms with van der Waals surface area (Å²) >= 11 is 0. The Morgan fingerprint density at radius 1 is 1.06 bits per heavy atom. The molecule has 32 heavy (non-hydrogen) atoms. The van der Waals surface area contributed by atoms with Crippen LogP contribution in [-0.4, -0.2) is 35.6 Å². The summed E-state index contributed by atoms with van der Waals surface area (Å²) in [4.78, 5) is 37.7. The summed E-state index contributed by atoms with van der Waals surface area (Å²) < 4.78 is 10.8. The first-order valence-corrected chi connectivity index (χ1v) is 11.0. The van der Waals surface area contributed by atoms with E-state index in [0.29, 0.717) is 35.5 Å². The molecule has 2 saturated carbocycles. The molecule has 1 saturated heterocycles. The Balaban J connectivity index is 1.18. The van der Waals surface area contributed by atoms with Gasteiger partial charge in [0.25, 0.3) is 11.8 Å². The highest BCUT2D eigenvalue weighted by Gasteiger charge is 2.67. The van der Waals surface area contributed by atoms with Crippen molar-refractivity contribution in [3.8, 4) is 11.3 Å². The second-order valence-electron chi connectivity index (χ2n) is 8.89. The van der Waals surface area contributed by atoms with E-state index in [9.17, 15) is 14.4 Å². The van der Waals surface area contributed by atoms with Crippen LogP contribution in [0.5, 0.6) is 0 Å². The molecule has 162 valence electrons. The zero-order chi connectivity index (χ0) is 22.0. The second kappa shape index (κ2) is 7.02. The van der Waals surface area contributed by atoms with E-state index in [1.54, 1.807) is 43.3 Å². The standard InChI is InChI=1S/C25H22N2O5/c1-2-31-25(30)14-5-3-13(4-6-14)20-10-7-15(32-20)12-26-27-23(28)21-16-8-9-17(19-11-18(16)19)22(21)24(27)29/h3-10,12,16-19,21-22H,2,11H2,1H3/b26-12-/t16-,17-,18-,19+,21+,22-/m1/s1. The van der Waals surface area contributed by atoms with Crippen molar-refractivity contribution >= 4 is 24.0 Å². The van der Waals surface area contributed by atoms with Gasteiger partial charge in [-0.25, -0.2) is 4.79 Å². The third-order valence-electron chi connectivity index (χ3n) is 7.25. The van der Waals surface area contributed by atoms with Gasteiger partial charge >= 0.3 is 5.97 Å². The Morgan fingerprint density at radius 2 is 1.72 bits per heavy atom. The molecule has 7 heteroatoms. The Hall–Kier alpha value is -3.48. The summed E-state index contributed by atoms with van der Waals surface area (Å²) in [6, 6.07) is 10.4. The van der Waals surface area contributed by atoms with Crippen LogP contribution in [0.25, 0.3) is 11.3 Å². The molecule has 3 fully saturated rings. The number of allylic oxidation sites excluding steroid dienone is 2. The number of hydrazone groups is 1. The number of amides is 2. The lowest BCUT2D eigenvalue weighted by Gasteiger charge is -2.37. The Labute approximate surface area is 184 Å². The van der Waals surface area contributed by atoms with E-state index in [0.717, 1.165) is 17.0 Å². The van der Waals surface area contributed by atoms with Crippen molar-refractivity contribution in [3.63, 3.8) is 0 Å². The molecule has 0 unspecified atom stereocenters. The molecule has 7 rings (SSSR count). The van der Waals surface area contributed by atoms with Gasteiger partial charge in [0, 0.05) is 5.56 Å². The summed E-state index contributed by atoms with van der Waals surface area (Å²) in [7, 11) is 0. The minimum absolute atomic E-state index is 0.180. The van der Waals surface area contributed by atoms with Crippen LogP contribution in [-0.2, 0) is 14.3 Å². The minimum atomic E-state index is -0.368. The summed E-state index contributed by atoms with van der Waals surface area (Å²) in [6.07, 6.45) is 6.84. The molecule has 6 atom stereocenters. The predicted octanol–water partition coefficient (Wildman–Crippen LogP) is 3.51. The van der Waals surface area contributed by atoms with Gasteiger partial charge < -0.3 is 9.15 Å². The summed E-state index contributed by atoms with van der Waals surface area (Å²) in [6.45, 7) is 2.09. The van der Waals surface area contributed by atoms with E-state index < -0.39 is 0 Å². The topological polar surface area (TPSA) is 89.2 Å². The molecular formula is C25H22N2O5. The maximum Gasteiger partial charge on any atom is 0.338 e. The molecule has 1 aromatic heterocycles. The van der Waals surface area contributed by atoms with Gasteiger partial charge in [-0.15, -0.1) is 0 Å². The SMILES string of the molecule is CCOC(=O)c1ccc(-c2ccc(/C=N\N3C(=O)[C@@H]4[C@@H]5C=C[C@H]([C@H]6C[C@@H]56)[C@@H]4C3=O)o2)cc1. The number of hydrogen-bond donors (Lipinski definition) is 0. The van der Waals surface area contributed by atoms with Gasteiger partial charge in [0.15, 0.2) is 0 Å². The number of carbonyl (C=O) groups is 3. The van der Waals surface area contributed by atoms with Crippen LogP contribution in [0.2, 0.25) is 0 Å². The van der Waals surface area contributed by atoms with E-state index in [2.05, 4.69) is 17.3 Å². The highest BCUT2D eigenvalue weighted by molar-refractivity contribution is 6.06. The molecule has 5 aliphatic rings. The quantitative estimate of drug-likeness (QED) is 0.313. The third-order valence-corrected chi connectivity index (χ3v) is 7.25. The van der Waals surface area contributed by atoms with Gasteiger partial charge in [-0.2, -0.15) is 10.1 Å². The van der Waals surface area contributed by atoms with Gasteiger partial charge in [0.2, 0.25) is 0 Å². The maximum atomic E-state index is 13.0. The number of esters is 1. The fourth-order valence-corrected chi connectivity index (χ4v) is 5.73. The Morgan fingerprint density at radius 3 is 2.34 bits per heavy atom. The number of imide groups is 1. The average Bonchev–Trinajstić information content (AvgIpc) is 3.45. The van der Waals surface area contributed by atoms with Crippen molar-refractivity contribution in [1.82, 2.24) is 5.01 Å². The van der Waals surface area contributed by atoms with Gasteiger partial charge in [-0.3, -0.25) is 9.59 Å². The van der Waals surface area contributed by atoms with E-state index >= 15 is 0 Å². The van der Waals surface area contributed by atoms with Crippen molar-refractivity contribution in [2.24, 2.45) is 40.6 Å². The van der Waals surface area contributed by atoms with E-state index in [4.69, 9.17) is 9.15 Å². The van der Waals surface area contributed by atoms with Crippen molar-refractivity contribution in [2.45, 2.75) is 13.3 Å². The van der Waals surface area contributed by atoms with E-state index in [-0.39, 0.29) is 41.5 Å². The molecule has 2 bridgehead atoms. The summed E-state index contributed by atoms with van der Waals surface area (Å²) in [5.74, 6) is 1.25. The Bertz CT molecular complexity index is 1140. The fraction of sp³-hybridized carbons (Fsp3) is 0.360. The lowest BCUT2D eigenvalue weighted by Crippen LogP contribution is -2.40. The minimum Gasteiger partial charge on any atom is -0.462 e. The lowest BCUT2D eigenvalue weighted by molar-refractivity contribution is -0.140. The highest BCUT2D eigenvalue weighted by atomic mass is 16.5. The van der Waals surface area contributed by atoms with E-state index in [1.165, 1.54) is 6.21 Å². The van der Waals surface area contributed by atoms with Crippen LogP contribution < -0.4 is 0 Å². The number of carbonyl (C=O) groups excluding carboxylic acids is 3. The molecule has 1 aliphatic heterocycles. The number of furan rings is 1. The van der Waals surface area contributed by atoms with Crippen LogP contribution >= 0.6 is 0 Å². The normalized spacial score (nSPS) is 31.8. The molecular weight excluding hydrogens is 408 g/mol. The van der Waals surface area contributed by atoms with Crippen LogP contribution in [0.1, 0.15) is 29.5 Å². The van der Waals surface area contributed by atoms with Crippen molar-refractivity contribution in [1.29, 1.82) is 0 Å². The molecule has 7 nitrogen and oxygen atoms in total. The van der Waals surface area contributed by atoms with Gasteiger partial charge in [0.1, 0.15) is 11.5 Å². The first-order valence-electron chi connectivity index (χ1n) is 11.0. The number of ether oxygens (including phenoxy) is 1. The fourth-order valence-electron chi connectivity index (χ4n) is 5.73. The zero-order valence-corrected chi connectivity index (χ0v) is 17.5. The number of hydrogen-bond acceptors (Lipinski definition) is 6. The first kappa shape index (κ1) is 19.2. The number of rotatable bonds is 5. The van der Waals surface area contributed by atoms with Gasteiger partial charge in [0.05, 0.1) is 30.2 Å². The molecule has 0 spiro atoms. The van der Waals surface area contributed by atoms with Crippen LogP contribution in [0.15, 0.2) is 58.1 Å². The number of benzene rings is 1. The molecule has 2 aromatic rings. The molecule has 0 radical (unpaired) electrons. The first-order chi connectivity index (χ1) is 15.6. The monoisotopic (exact) mass is 430 g/mol. The largest absolute Gasteiger partial charge is 0.462 e. The molecule has 0 N–H and O–H groups in total. The highest BCUT2D eigenvalue weighted by Crippen LogP contribution is 2.65. The summed E-state index contributed by atoms with van der Waals surface area (Å²) in [5, 5.41) is 5.25. The smallest absolute Gasteiger partial charge is 0.338 e. The van der Waals surface area contributed by atoms with Crippen LogP contribution in [0.4, 0.5) is 0 Å². The Kier molecular flexibility index (Phi) is 4.22. The van der Waals surface area contributed by atoms with Crippen molar-refractivity contribution < 1.29 is 23.5 Å². The summed E-state index contributed by atoms with van der Waals surface area (Å²) in [5.41, 5.74) is 1.26. The third kappa shape index (κ3) is 2.80. The molecule has 4 aliphatic carbocycles. The zero-order valence-electron chi connectivity index (χ0n) is 17.5. The van der Waals surface area contributed by atoms with Crippen molar-refractivity contribution in [3.05, 3.63) is 59.9 Å². The molecule has 2 amide bonds. The van der Waals surface area contributed by atoms with Gasteiger partial charge in [-0.1, -0.05) is 24.3 Å². The van der Waals surface area contributed by atoms with E-state index in [1.807, 2.05) is 0 Å². The van der Waals surface area contributed by atoms with Crippen molar-refractivity contribution in [2.75, 3.05) is 6.61 Å². The number of nitrogens with zero attached hydrogens (tertiary/aromatic N) is 2. The molecule has 2 heterocycles. The molecule has 1 aromatic carbocycles. The van der Waals surface area contributed by atoms with Crippen LogP contribution in [0.3, 0.4) is 0 Å². The average molecular weight is 430 g/mol. The maximum absolute atomic E-state index is 13.0. The van der Waals surface area contributed by atoms with Gasteiger partial charge in [-0.05, 0) is 61.3 Å². The predicted molar refractivity (Wildman–Crippen MR) is 114 cm³/mol. The second-order valence-corrected chi connectivity index (χ2v) is 8.89. The van der Waals surface area contributed by atoms with Crippen LogP contribution in [0, 0.1) is 35.5 Å².